The van der Waals surface area contributed by atoms with E-state index < -0.39 is 15.9 Å². The van der Waals surface area contributed by atoms with Gasteiger partial charge in [0.1, 0.15) is 4.90 Å². The third kappa shape index (κ3) is 4.47. The molecule has 11 heteroatoms. The fourth-order valence-electron chi connectivity index (χ4n) is 2.89. The Bertz CT molecular complexity index is 1300. The molecule has 0 radical (unpaired) electrons. The van der Waals surface area contributed by atoms with Crippen LogP contribution in [0.5, 0.6) is 0 Å². The molecule has 0 saturated carbocycles. The molecule has 31 heavy (non-hydrogen) atoms. The van der Waals surface area contributed by atoms with Gasteiger partial charge in [-0.3, -0.25) is 15.6 Å². The first-order valence-corrected chi connectivity index (χ1v) is 11.3. The molecule has 1 heterocycles. The van der Waals surface area contributed by atoms with Crippen molar-refractivity contribution >= 4 is 67.9 Å². The zero-order valence-electron chi connectivity index (χ0n) is 15.5. The van der Waals surface area contributed by atoms with Gasteiger partial charge in [0.05, 0.1) is 15.7 Å². The highest BCUT2D eigenvalue weighted by Crippen LogP contribution is 2.33. The summed E-state index contributed by atoms with van der Waals surface area (Å²) in [5.74, 6) is -0.207. The van der Waals surface area contributed by atoms with Crippen LogP contribution in [0.3, 0.4) is 0 Å². The molecule has 3 N–H and O–H groups in total. The summed E-state index contributed by atoms with van der Waals surface area (Å²) in [5, 5.41) is 3.85. The van der Waals surface area contributed by atoms with Gasteiger partial charge in [0.2, 0.25) is 0 Å². The maximum Gasteiger partial charge on any atom is 0.285 e. The third-order valence-corrected chi connectivity index (χ3v) is 6.50. The molecule has 0 fully saturated rings. The van der Waals surface area contributed by atoms with E-state index in [1.807, 2.05) is 0 Å². The Kier molecular flexibility index (Phi) is 5.81. The maximum atomic E-state index is 12.4. The van der Waals surface area contributed by atoms with Gasteiger partial charge in [-0.2, -0.15) is 8.42 Å². The molecular formula is C20H13Cl3N4O3S. The Hall–Kier alpha value is -2.78. The van der Waals surface area contributed by atoms with Gasteiger partial charge in [-0.25, -0.2) is 0 Å². The Morgan fingerprint density at radius 1 is 0.903 bits per heavy atom. The molecule has 1 amide bonds. The van der Waals surface area contributed by atoms with E-state index in [1.165, 1.54) is 18.2 Å². The first-order valence-electron chi connectivity index (χ1n) is 8.77. The van der Waals surface area contributed by atoms with Crippen molar-refractivity contribution in [3.63, 3.8) is 0 Å². The summed E-state index contributed by atoms with van der Waals surface area (Å²) in [6.45, 7) is 0. The van der Waals surface area contributed by atoms with Crippen LogP contribution < -0.4 is 16.2 Å². The van der Waals surface area contributed by atoms with Crippen LogP contribution >= 0.6 is 34.8 Å². The number of hydrazine groups is 1. The van der Waals surface area contributed by atoms with Gasteiger partial charge in [0, 0.05) is 21.8 Å². The number of halogens is 3. The molecule has 0 spiro atoms. The smallest absolute Gasteiger partial charge is 0.285 e. The number of anilines is 2. The number of amides is 1. The summed E-state index contributed by atoms with van der Waals surface area (Å²) in [4.78, 5) is 12.6. The lowest BCUT2D eigenvalue weighted by Gasteiger charge is -2.12. The molecule has 0 bridgehead atoms. The maximum absolute atomic E-state index is 12.4. The van der Waals surface area contributed by atoms with Crippen molar-refractivity contribution in [1.82, 2.24) is 5.43 Å². The summed E-state index contributed by atoms with van der Waals surface area (Å²) >= 11 is 18.0. The van der Waals surface area contributed by atoms with E-state index in [9.17, 15) is 13.2 Å². The Balaban J connectivity index is 1.45. The number of benzene rings is 3. The summed E-state index contributed by atoms with van der Waals surface area (Å²) in [6.07, 6.45) is 0. The lowest BCUT2D eigenvalue weighted by atomic mass is 10.1. The van der Waals surface area contributed by atoms with Crippen LogP contribution in [-0.2, 0) is 10.0 Å². The summed E-state index contributed by atoms with van der Waals surface area (Å²) in [7, 11) is -3.72. The number of carbonyl (C=O) groups is 1. The highest BCUT2D eigenvalue weighted by Gasteiger charge is 2.28. The van der Waals surface area contributed by atoms with Crippen molar-refractivity contribution < 1.29 is 13.2 Å². The van der Waals surface area contributed by atoms with Crippen LogP contribution in [0.15, 0.2) is 70.0 Å². The average Bonchev–Trinajstić information content (AvgIpc) is 2.98. The molecule has 0 aromatic heterocycles. The van der Waals surface area contributed by atoms with Crippen molar-refractivity contribution in [2.45, 2.75) is 4.90 Å². The van der Waals surface area contributed by atoms with Crippen molar-refractivity contribution in [3.05, 3.63) is 86.9 Å². The standard InChI is InChI=1S/C20H13Cl3N4O3S/c21-12-9-15(22)18(16(23)10-12)25-26-20(28)11-5-7-13(8-6-11)24-19-14-3-1-2-4-17(14)31(29,30)27-19/h1-10,25H,(H,24,27)(H,26,28). The van der Waals surface area contributed by atoms with Crippen LogP contribution in [0.4, 0.5) is 11.4 Å². The fourth-order valence-corrected chi connectivity index (χ4v) is 4.98. The van der Waals surface area contributed by atoms with Gasteiger partial charge in [0.25, 0.3) is 15.9 Å². The van der Waals surface area contributed by atoms with Gasteiger partial charge in [0.15, 0.2) is 5.84 Å². The minimum atomic E-state index is -3.72. The average molecular weight is 496 g/mol. The molecule has 1 aliphatic rings. The zero-order valence-corrected chi connectivity index (χ0v) is 18.6. The van der Waals surface area contributed by atoms with Crippen LogP contribution in [0, 0.1) is 0 Å². The normalized spacial score (nSPS) is 13.8. The molecule has 1 aliphatic heterocycles. The quantitative estimate of drug-likeness (QED) is 0.444. The van der Waals surface area contributed by atoms with Crippen molar-refractivity contribution in [2.75, 3.05) is 10.7 Å². The molecular weight excluding hydrogens is 483 g/mol. The summed E-state index contributed by atoms with van der Waals surface area (Å²) in [5.41, 5.74) is 6.91. The van der Waals surface area contributed by atoms with E-state index in [4.69, 9.17) is 34.8 Å². The number of sulfonamides is 1. The molecule has 0 atom stereocenters. The molecule has 158 valence electrons. The number of nitrogens with one attached hydrogen (secondary N) is 3. The minimum absolute atomic E-state index is 0.152. The third-order valence-electron chi connectivity index (χ3n) is 4.35. The van der Waals surface area contributed by atoms with E-state index >= 15 is 0 Å². The zero-order chi connectivity index (χ0) is 22.2. The highest BCUT2D eigenvalue weighted by atomic mass is 35.5. The first-order chi connectivity index (χ1) is 14.7. The molecule has 0 unspecified atom stereocenters. The number of carbonyl (C=O) groups excluding carboxylic acids is 1. The van der Waals surface area contributed by atoms with Crippen LogP contribution in [0.2, 0.25) is 15.1 Å². The SMILES string of the molecule is O=C(NNc1c(Cl)cc(Cl)cc1Cl)c1ccc(NC2=NS(=O)(=O)c3ccccc32)cc1. The molecule has 3 aromatic carbocycles. The molecule has 3 aromatic rings. The minimum Gasteiger partial charge on any atom is -0.339 e. The monoisotopic (exact) mass is 494 g/mol. The van der Waals surface area contributed by atoms with E-state index in [0.717, 1.165) is 0 Å². The van der Waals surface area contributed by atoms with Crippen LogP contribution in [-0.4, -0.2) is 20.2 Å². The molecule has 7 nitrogen and oxygen atoms in total. The van der Waals surface area contributed by atoms with Crippen LogP contribution in [0.25, 0.3) is 0 Å². The van der Waals surface area contributed by atoms with Gasteiger partial charge >= 0.3 is 0 Å². The van der Waals surface area contributed by atoms with Gasteiger partial charge < -0.3 is 5.32 Å². The van der Waals surface area contributed by atoms with E-state index in [2.05, 4.69) is 20.6 Å². The second kappa shape index (κ2) is 8.39. The van der Waals surface area contributed by atoms with E-state index in [0.29, 0.717) is 27.5 Å². The number of amidine groups is 1. The summed E-state index contributed by atoms with van der Waals surface area (Å²) < 4.78 is 28.1. The lowest BCUT2D eigenvalue weighted by molar-refractivity contribution is 0.0962. The number of fused-ring (bicyclic) bond motifs is 1. The number of hydrogen-bond acceptors (Lipinski definition) is 5. The second-order valence-electron chi connectivity index (χ2n) is 6.44. The number of rotatable bonds is 4. The van der Waals surface area contributed by atoms with Crippen molar-refractivity contribution in [3.8, 4) is 0 Å². The van der Waals surface area contributed by atoms with Crippen LogP contribution in [0.1, 0.15) is 15.9 Å². The molecule has 0 aliphatic carbocycles. The predicted molar refractivity (Wildman–Crippen MR) is 123 cm³/mol. The van der Waals surface area contributed by atoms with E-state index in [-0.39, 0.29) is 20.8 Å². The number of nitrogens with zero attached hydrogens (tertiary/aromatic N) is 1. The second-order valence-corrected chi connectivity index (χ2v) is 9.26. The van der Waals surface area contributed by atoms with Gasteiger partial charge in [-0.15, -0.1) is 4.40 Å². The van der Waals surface area contributed by atoms with Gasteiger partial charge in [-0.05, 0) is 48.5 Å². The van der Waals surface area contributed by atoms with Crippen molar-refractivity contribution in [2.24, 2.45) is 4.40 Å². The van der Waals surface area contributed by atoms with E-state index in [1.54, 1.807) is 42.5 Å². The lowest BCUT2D eigenvalue weighted by Crippen LogP contribution is -2.29. The molecule has 0 saturated heterocycles. The Morgan fingerprint density at radius 3 is 2.23 bits per heavy atom. The van der Waals surface area contributed by atoms with Gasteiger partial charge in [-0.1, -0.05) is 46.9 Å². The number of hydrogen-bond donors (Lipinski definition) is 3. The molecule has 4 rings (SSSR count). The van der Waals surface area contributed by atoms with Crippen molar-refractivity contribution in [1.29, 1.82) is 0 Å². The topological polar surface area (TPSA) is 99.7 Å². The summed E-state index contributed by atoms with van der Waals surface area (Å²) in [6, 6.07) is 15.9. The Labute approximate surface area is 193 Å². The fraction of sp³-hybridized carbons (Fsp3) is 0. The predicted octanol–water partition coefficient (Wildman–Crippen LogP) is 4.96. The Morgan fingerprint density at radius 2 is 1.55 bits per heavy atom. The highest BCUT2D eigenvalue weighted by molar-refractivity contribution is 7.90. The largest absolute Gasteiger partial charge is 0.339 e. The first kappa shape index (κ1) is 21.5.